The highest BCUT2D eigenvalue weighted by Crippen LogP contribution is 2.44. The van der Waals surface area contributed by atoms with Crippen molar-refractivity contribution >= 4 is 0 Å². The van der Waals surface area contributed by atoms with Crippen LogP contribution < -0.4 is 0 Å². The Kier molecular flexibility index (Phi) is 3.61. The molecule has 0 radical (unpaired) electrons. The van der Waals surface area contributed by atoms with Crippen molar-refractivity contribution in [3.8, 4) is 0 Å². The second-order valence-electron chi connectivity index (χ2n) is 4.76. The van der Waals surface area contributed by atoms with Gasteiger partial charge in [-0.2, -0.15) is 0 Å². The first-order valence-electron chi connectivity index (χ1n) is 5.69. The maximum Gasteiger partial charge on any atom is -0.0383 e. The van der Waals surface area contributed by atoms with Crippen LogP contribution in [0.25, 0.3) is 0 Å². The molecule has 4 unspecified atom stereocenters. The van der Waals surface area contributed by atoms with Gasteiger partial charge in [-0.25, -0.2) is 0 Å². The third-order valence-electron chi connectivity index (χ3n) is 3.85. The van der Waals surface area contributed by atoms with Crippen LogP contribution in [-0.2, 0) is 0 Å². The summed E-state index contributed by atoms with van der Waals surface area (Å²) in [6.07, 6.45) is 5.76. The van der Waals surface area contributed by atoms with Gasteiger partial charge in [-0.3, -0.25) is 0 Å². The van der Waals surface area contributed by atoms with E-state index in [-0.39, 0.29) is 0 Å². The Hall–Kier alpha value is 0. The van der Waals surface area contributed by atoms with E-state index in [1.165, 1.54) is 25.7 Å². The minimum atomic E-state index is 0.947. The molecule has 0 aliphatic heterocycles. The lowest BCUT2D eigenvalue weighted by Gasteiger charge is -2.21. The molecule has 0 bridgehead atoms. The first-order valence-corrected chi connectivity index (χ1v) is 5.69. The highest BCUT2D eigenvalue weighted by molar-refractivity contribution is 4.85. The summed E-state index contributed by atoms with van der Waals surface area (Å²) in [5, 5.41) is 0. The van der Waals surface area contributed by atoms with E-state index in [1.54, 1.807) is 0 Å². The highest BCUT2D eigenvalue weighted by atomic mass is 14.4. The van der Waals surface area contributed by atoms with Crippen LogP contribution in [0.2, 0.25) is 0 Å². The van der Waals surface area contributed by atoms with Gasteiger partial charge in [0.2, 0.25) is 0 Å². The van der Waals surface area contributed by atoms with Crippen molar-refractivity contribution in [2.75, 3.05) is 0 Å². The maximum absolute atomic E-state index is 2.42. The van der Waals surface area contributed by atoms with E-state index in [1.807, 2.05) is 0 Å². The summed E-state index contributed by atoms with van der Waals surface area (Å²) in [5.74, 6) is 4.08. The molecule has 0 spiro atoms. The van der Waals surface area contributed by atoms with Crippen LogP contribution in [0.5, 0.6) is 0 Å². The number of hydrogen-bond donors (Lipinski definition) is 0. The van der Waals surface area contributed by atoms with Crippen LogP contribution in [0.1, 0.15) is 53.4 Å². The van der Waals surface area contributed by atoms with Gasteiger partial charge in [-0.1, -0.05) is 40.5 Å². The van der Waals surface area contributed by atoms with E-state index in [2.05, 4.69) is 27.7 Å². The van der Waals surface area contributed by atoms with Crippen molar-refractivity contribution in [1.82, 2.24) is 0 Å². The van der Waals surface area contributed by atoms with Gasteiger partial charge in [0.1, 0.15) is 0 Å². The molecule has 0 aromatic carbocycles. The predicted molar refractivity (Wildman–Crippen MR) is 55.1 cm³/mol. The van der Waals surface area contributed by atoms with Crippen molar-refractivity contribution in [1.29, 1.82) is 0 Å². The summed E-state index contributed by atoms with van der Waals surface area (Å²) >= 11 is 0. The van der Waals surface area contributed by atoms with Gasteiger partial charge < -0.3 is 0 Å². The Bertz CT molecular complexity index is 128. The van der Waals surface area contributed by atoms with Gasteiger partial charge in [0, 0.05) is 0 Å². The Labute approximate surface area is 77.7 Å². The van der Waals surface area contributed by atoms with Crippen molar-refractivity contribution in [2.24, 2.45) is 23.7 Å². The number of hydrogen-bond acceptors (Lipinski definition) is 0. The standard InChI is InChI=1S/C12H24/c1-5-9(3)11(6-2)8-12-7-10(12)4/h9-12H,5-8H2,1-4H3. The Morgan fingerprint density at radius 2 is 1.83 bits per heavy atom. The Balaban J connectivity index is 2.25. The van der Waals surface area contributed by atoms with Crippen molar-refractivity contribution < 1.29 is 0 Å². The lowest BCUT2D eigenvalue weighted by molar-refractivity contribution is 0.300. The topological polar surface area (TPSA) is 0 Å². The quantitative estimate of drug-likeness (QED) is 0.579. The predicted octanol–water partition coefficient (Wildman–Crippen LogP) is 4.10. The molecule has 0 nitrogen and oxygen atoms in total. The normalized spacial score (nSPS) is 33.0. The zero-order chi connectivity index (χ0) is 9.14. The largest absolute Gasteiger partial charge is 0.0651 e. The minimum Gasteiger partial charge on any atom is -0.0651 e. The Morgan fingerprint density at radius 3 is 2.17 bits per heavy atom. The molecular formula is C12H24. The smallest absolute Gasteiger partial charge is 0.0383 e. The van der Waals surface area contributed by atoms with E-state index in [9.17, 15) is 0 Å². The minimum absolute atomic E-state index is 0.947. The fraction of sp³-hybridized carbons (Fsp3) is 1.00. The molecule has 0 heterocycles. The highest BCUT2D eigenvalue weighted by Gasteiger charge is 2.34. The van der Waals surface area contributed by atoms with E-state index in [4.69, 9.17) is 0 Å². The summed E-state index contributed by atoms with van der Waals surface area (Å²) in [5.41, 5.74) is 0. The van der Waals surface area contributed by atoms with E-state index >= 15 is 0 Å². The molecule has 0 aromatic rings. The average Bonchev–Trinajstić information content (AvgIpc) is 2.76. The second kappa shape index (κ2) is 4.30. The monoisotopic (exact) mass is 168 g/mol. The molecule has 1 rings (SSSR count). The van der Waals surface area contributed by atoms with E-state index in [0.717, 1.165) is 23.7 Å². The molecular weight excluding hydrogens is 144 g/mol. The second-order valence-corrected chi connectivity index (χ2v) is 4.76. The van der Waals surface area contributed by atoms with Crippen LogP contribution in [0.3, 0.4) is 0 Å². The molecule has 1 saturated carbocycles. The third-order valence-corrected chi connectivity index (χ3v) is 3.85. The summed E-state index contributed by atoms with van der Waals surface area (Å²) in [4.78, 5) is 0. The zero-order valence-corrected chi connectivity index (χ0v) is 9.14. The van der Waals surface area contributed by atoms with Gasteiger partial charge in [0.15, 0.2) is 0 Å². The Morgan fingerprint density at radius 1 is 1.25 bits per heavy atom. The van der Waals surface area contributed by atoms with E-state index in [0.29, 0.717) is 0 Å². The molecule has 0 saturated heterocycles. The summed E-state index contributed by atoms with van der Waals surface area (Å²) < 4.78 is 0. The molecule has 1 fully saturated rings. The van der Waals surface area contributed by atoms with Crippen LogP contribution in [0.4, 0.5) is 0 Å². The van der Waals surface area contributed by atoms with Gasteiger partial charge in [-0.15, -0.1) is 0 Å². The molecule has 12 heavy (non-hydrogen) atoms. The third kappa shape index (κ3) is 2.50. The summed E-state index contributed by atoms with van der Waals surface area (Å²) in [6, 6.07) is 0. The molecule has 1 aliphatic carbocycles. The fourth-order valence-electron chi connectivity index (χ4n) is 2.25. The fourth-order valence-corrected chi connectivity index (χ4v) is 2.25. The van der Waals surface area contributed by atoms with Gasteiger partial charge in [0.25, 0.3) is 0 Å². The van der Waals surface area contributed by atoms with Crippen LogP contribution in [-0.4, -0.2) is 0 Å². The summed E-state index contributed by atoms with van der Waals surface area (Å²) in [6.45, 7) is 9.49. The van der Waals surface area contributed by atoms with E-state index < -0.39 is 0 Å². The lowest BCUT2D eigenvalue weighted by atomic mass is 9.85. The maximum atomic E-state index is 2.42. The van der Waals surface area contributed by atoms with Gasteiger partial charge >= 0.3 is 0 Å². The van der Waals surface area contributed by atoms with Gasteiger partial charge in [-0.05, 0) is 36.5 Å². The molecule has 4 atom stereocenters. The molecule has 0 amide bonds. The average molecular weight is 168 g/mol. The van der Waals surface area contributed by atoms with Crippen molar-refractivity contribution in [3.63, 3.8) is 0 Å². The number of rotatable bonds is 5. The van der Waals surface area contributed by atoms with Crippen molar-refractivity contribution in [3.05, 3.63) is 0 Å². The SMILES string of the molecule is CCC(C)C(CC)CC1CC1C. The van der Waals surface area contributed by atoms with Crippen LogP contribution in [0.15, 0.2) is 0 Å². The van der Waals surface area contributed by atoms with Crippen LogP contribution >= 0.6 is 0 Å². The lowest BCUT2D eigenvalue weighted by Crippen LogP contribution is -2.10. The zero-order valence-electron chi connectivity index (χ0n) is 9.14. The van der Waals surface area contributed by atoms with Crippen molar-refractivity contribution in [2.45, 2.75) is 53.4 Å². The molecule has 72 valence electrons. The van der Waals surface area contributed by atoms with Crippen LogP contribution in [0, 0.1) is 23.7 Å². The van der Waals surface area contributed by atoms with Gasteiger partial charge in [0.05, 0.1) is 0 Å². The molecule has 0 N–H and O–H groups in total. The first kappa shape index (κ1) is 10.1. The first-order chi connectivity index (χ1) is 5.69. The molecule has 0 heteroatoms. The molecule has 0 aromatic heterocycles. The molecule has 1 aliphatic rings. The summed E-state index contributed by atoms with van der Waals surface area (Å²) in [7, 11) is 0.